The Kier molecular flexibility index (Phi) is 6.22. The van der Waals surface area contributed by atoms with Crippen LogP contribution in [0.1, 0.15) is 36.0 Å². The Morgan fingerprint density at radius 2 is 1.80 bits per heavy atom. The zero-order valence-electron chi connectivity index (χ0n) is 17.5. The average Bonchev–Trinajstić information content (AvgIpc) is 3.54. The molecule has 1 aromatic rings. The highest BCUT2D eigenvalue weighted by Crippen LogP contribution is 2.31. The molecule has 3 amide bonds. The summed E-state index contributed by atoms with van der Waals surface area (Å²) in [5, 5.41) is 2.89. The molecule has 1 aliphatic carbocycles. The Hall–Kier alpha value is -2.61. The topological polar surface area (TPSA) is 82.2 Å². The number of amides is 3. The van der Waals surface area contributed by atoms with Crippen molar-refractivity contribution < 1.29 is 19.1 Å². The van der Waals surface area contributed by atoms with E-state index in [0.29, 0.717) is 30.9 Å². The van der Waals surface area contributed by atoms with Crippen LogP contribution in [0.2, 0.25) is 0 Å². The van der Waals surface area contributed by atoms with E-state index in [9.17, 15) is 14.4 Å². The van der Waals surface area contributed by atoms with Crippen LogP contribution in [0.25, 0.3) is 0 Å². The maximum absolute atomic E-state index is 12.8. The third-order valence-corrected chi connectivity index (χ3v) is 6.26. The van der Waals surface area contributed by atoms with Gasteiger partial charge in [-0.15, -0.1) is 0 Å². The molecule has 3 aliphatic rings. The zero-order chi connectivity index (χ0) is 21.1. The molecule has 1 saturated carbocycles. The molecule has 0 bridgehead atoms. The van der Waals surface area contributed by atoms with Crippen molar-refractivity contribution >= 4 is 23.6 Å². The number of urea groups is 1. The van der Waals surface area contributed by atoms with Crippen molar-refractivity contribution in [1.82, 2.24) is 14.7 Å². The fraction of sp³-hybridized carbons (Fsp3) is 0.591. The number of benzene rings is 1. The summed E-state index contributed by atoms with van der Waals surface area (Å²) in [7, 11) is 1.34. The van der Waals surface area contributed by atoms with E-state index < -0.39 is 5.97 Å². The number of nitrogens with one attached hydrogen (secondary N) is 1. The number of ether oxygens (including phenoxy) is 1. The summed E-state index contributed by atoms with van der Waals surface area (Å²) >= 11 is 0. The van der Waals surface area contributed by atoms with Crippen LogP contribution < -0.4 is 5.32 Å². The molecule has 1 N–H and O–H groups in total. The molecule has 2 heterocycles. The lowest BCUT2D eigenvalue weighted by atomic mass is 10.2. The summed E-state index contributed by atoms with van der Waals surface area (Å²) < 4.78 is 4.69. The molecule has 0 aromatic heterocycles. The molecule has 2 saturated heterocycles. The van der Waals surface area contributed by atoms with Gasteiger partial charge in [0.25, 0.3) is 0 Å². The van der Waals surface area contributed by atoms with E-state index in [4.69, 9.17) is 0 Å². The molecular formula is C22H30N4O4. The first kappa shape index (κ1) is 20.7. The molecule has 1 aromatic carbocycles. The molecule has 2 aliphatic heterocycles. The number of esters is 1. The summed E-state index contributed by atoms with van der Waals surface area (Å²) in [6, 6.07) is 6.46. The summed E-state index contributed by atoms with van der Waals surface area (Å²) in [6.07, 6.45) is 4.26. The minimum Gasteiger partial charge on any atom is -0.465 e. The molecule has 0 radical (unpaired) electrons. The largest absolute Gasteiger partial charge is 0.465 e. The molecular weight excluding hydrogens is 384 g/mol. The third-order valence-electron chi connectivity index (χ3n) is 6.26. The minimum atomic E-state index is -0.405. The van der Waals surface area contributed by atoms with Gasteiger partial charge in [-0.3, -0.25) is 9.69 Å². The average molecular weight is 415 g/mol. The van der Waals surface area contributed by atoms with Gasteiger partial charge in [-0.05, 0) is 55.9 Å². The Bertz CT molecular complexity index is 793. The number of hydrogen-bond donors (Lipinski definition) is 1. The first-order valence-electron chi connectivity index (χ1n) is 10.8. The number of anilines is 1. The van der Waals surface area contributed by atoms with Crippen LogP contribution in [0, 0.1) is 5.92 Å². The van der Waals surface area contributed by atoms with Crippen molar-refractivity contribution in [2.24, 2.45) is 5.92 Å². The van der Waals surface area contributed by atoms with Crippen LogP contribution >= 0.6 is 0 Å². The van der Waals surface area contributed by atoms with Crippen LogP contribution in [-0.2, 0) is 9.53 Å². The lowest BCUT2D eigenvalue weighted by Gasteiger charge is -2.26. The predicted molar refractivity (Wildman–Crippen MR) is 112 cm³/mol. The normalized spacial score (nSPS) is 22.7. The maximum Gasteiger partial charge on any atom is 0.337 e. The Morgan fingerprint density at radius 3 is 2.50 bits per heavy atom. The number of likely N-dealkylation sites (tertiary alicyclic amines) is 1. The predicted octanol–water partition coefficient (Wildman–Crippen LogP) is 2.02. The number of nitrogens with zero attached hydrogens (tertiary/aromatic N) is 3. The highest BCUT2D eigenvalue weighted by atomic mass is 16.5. The smallest absolute Gasteiger partial charge is 0.337 e. The molecule has 0 spiro atoms. The fourth-order valence-electron chi connectivity index (χ4n) is 4.32. The second-order valence-corrected chi connectivity index (χ2v) is 8.41. The number of carbonyl (C=O) groups is 3. The van der Waals surface area contributed by atoms with E-state index in [2.05, 4.69) is 15.0 Å². The number of methoxy groups -OCH3 is 1. The van der Waals surface area contributed by atoms with Gasteiger partial charge >= 0.3 is 12.0 Å². The van der Waals surface area contributed by atoms with Gasteiger partial charge in [-0.2, -0.15) is 0 Å². The molecule has 30 heavy (non-hydrogen) atoms. The quantitative estimate of drug-likeness (QED) is 0.746. The summed E-state index contributed by atoms with van der Waals surface area (Å²) in [4.78, 5) is 43.1. The van der Waals surface area contributed by atoms with Crippen molar-refractivity contribution in [3.05, 3.63) is 29.8 Å². The second kappa shape index (κ2) is 9.04. The number of hydrogen-bond acceptors (Lipinski definition) is 5. The standard InChI is InChI=1S/C22H30N4O4/c1-30-21(28)17-5-7-18(8-6-17)23-22(29)25-11-2-10-24(13-14-25)19-9-12-26(20(19)27)15-16-3-4-16/h5-8,16,19H,2-4,9-15H2,1H3,(H,23,29)/t19-/m1/s1. The van der Waals surface area contributed by atoms with Gasteiger partial charge in [0.05, 0.1) is 18.7 Å². The van der Waals surface area contributed by atoms with Crippen LogP contribution in [-0.4, -0.2) is 85.0 Å². The van der Waals surface area contributed by atoms with E-state index in [-0.39, 0.29) is 18.0 Å². The molecule has 4 rings (SSSR count). The third kappa shape index (κ3) is 4.75. The van der Waals surface area contributed by atoms with E-state index in [1.807, 2.05) is 4.90 Å². The molecule has 8 nitrogen and oxygen atoms in total. The van der Waals surface area contributed by atoms with Crippen LogP contribution in [0.3, 0.4) is 0 Å². The van der Waals surface area contributed by atoms with Crippen molar-refractivity contribution in [3.63, 3.8) is 0 Å². The minimum absolute atomic E-state index is 0.0300. The first-order valence-corrected chi connectivity index (χ1v) is 10.8. The van der Waals surface area contributed by atoms with Crippen LogP contribution in [0.5, 0.6) is 0 Å². The first-order chi connectivity index (χ1) is 14.5. The van der Waals surface area contributed by atoms with Crippen molar-refractivity contribution in [2.45, 2.75) is 31.7 Å². The molecule has 162 valence electrons. The summed E-state index contributed by atoms with van der Waals surface area (Å²) in [5.74, 6) is 0.584. The number of rotatable bonds is 5. The van der Waals surface area contributed by atoms with Gasteiger partial charge in [0, 0.05) is 45.0 Å². The molecule has 1 atom stereocenters. The van der Waals surface area contributed by atoms with Crippen molar-refractivity contribution in [2.75, 3.05) is 51.7 Å². The highest BCUT2D eigenvalue weighted by Gasteiger charge is 2.38. The molecule has 8 heteroatoms. The van der Waals surface area contributed by atoms with Gasteiger partial charge < -0.3 is 19.9 Å². The van der Waals surface area contributed by atoms with Gasteiger partial charge in [0.15, 0.2) is 0 Å². The Balaban J connectivity index is 1.29. The van der Waals surface area contributed by atoms with Crippen LogP contribution in [0.15, 0.2) is 24.3 Å². The van der Waals surface area contributed by atoms with Crippen LogP contribution in [0.4, 0.5) is 10.5 Å². The van der Waals surface area contributed by atoms with Crippen molar-refractivity contribution in [1.29, 1.82) is 0 Å². The summed E-state index contributed by atoms with van der Waals surface area (Å²) in [5.41, 5.74) is 1.08. The van der Waals surface area contributed by atoms with Gasteiger partial charge in [-0.1, -0.05) is 0 Å². The second-order valence-electron chi connectivity index (χ2n) is 8.41. The summed E-state index contributed by atoms with van der Waals surface area (Å²) in [6.45, 7) is 4.59. The lowest BCUT2D eigenvalue weighted by Crippen LogP contribution is -2.44. The van der Waals surface area contributed by atoms with Gasteiger partial charge in [-0.25, -0.2) is 9.59 Å². The number of carbonyl (C=O) groups excluding carboxylic acids is 3. The Morgan fingerprint density at radius 1 is 1.03 bits per heavy atom. The maximum atomic E-state index is 12.8. The zero-order valence-corrected chi connectivity index (χ0v) is 17.5. The van der Waals surface area contributed by atoms with Gasteiger partial charge in [0.1, 0.15) is 0 Å². The Labute approximate surface area is 177 Å². The van der Waals surface area contributed by atoms with Gasteiger partial charge in [0.2, 0.25) is 5.91 Å². The van der Waals surface area contributed by atoms with E-state index in [0.717, 1.165) is 38.4 Å². The molecule has 3 fully saturated rings. The molecule has 0 unspecified atom stereocenters. The highest BCUT2D eigenvalue weighted by molar-refractivity contribution is 5.92. The monoisotopic (exact) mass is 414 g/mol. The SMILES string of the molecule is COC(=O)c1ccc(NC(=O)N2CCCN([C@@H]3CCN(CC4CC4)C3=O)CC2)cc1. The van der Waals surface area contributed by atoms with Crippen molar-refractivity contribution in [3.8, 4) is 0 Å². The fourth-order valence-corrected chi connectivity index (χ4v) is 4.32. The van der Waals surface area contributed by atoms with E-state index in [1.165, 1.54) is 20.0 Å². The van der Waals surface area contributed by atoms with E-state index >= 15 is 0 Å². The lowest BCUT2D eigenvalue weighted by molar-refractivity contribution is -0.132. The van der Waals surface area contributed by atoms with E-state index in [1.54, 1.807) is 29.2 Å².